The number of alkyl halides is 5. The number of piperidine rings is 1. The van der Waals surface area contributed by atoms with Crippen molar-refractivity contribution < 1.29 is 36.3 Å². The van der Waals surface area contributed by atoms with E-state index in [0.717, 1.165) is 31.7 Å². The zero-order chi connectivity index (χ0) is 31.6. The van der Waals surface area contributed by atoms with Gasteiger partial charge in [0.25, 0.3) is 11.8 Å². The molecule has 0 bridgehead atoms. The van der Waals surface area contributed by atoms with Crippen LogP contribution in [0.5, 0.6) is 0 Å². The molecule has 1 unspecified atom stereocenters. The summed E-state index contributed by atoms with van der Waals surface area (Å²) in [4.78, 5) is 28.0. The van der Waals surface area contributed by atoms with Crippen LogP contribution >= 0.6 is 0 Å². The zero-order valence-corrected chi connectivity index (χ0v) is 25.1. The van der Waals surface area contributed by atoms with Gasteiger partial charge in [0.15, 0.2) is 5.69 Å². The van der Waals surface area contributed by atoms with Crippen molar-refractivity contribution >= 4 is 11.9 Å². The van der Waals surface area contributed by atoms with Crippen LogP contribution in [-0.2, 0) is 15.7 Å². The Hall–Kier alpha value is -3.02. The average Bonchev–Trinajstić information content (AvgIpc) is 3.57. The monoisotopic (exact) mass is 612 g/mol. The Kier molecular flexibility index (Phi) is 9.88. The number of nitrogens with one attached hydrogen (secondary N) is 1. The molecule has 43 heavy (non-hydrogen) atoms. The minimum atomic E-state index is -4.61. The number of hydrogen-bond acceptors (Lipinski definition) is 5. The molecule has 1 N–H and O–H groups in total. The standard InChI is InChI=1S/C31H41F5N4O3/c1-20(39-15-9-14-30(32,33)19-39)16-21(17-27(41)43-29(2,3)4)37-28(42)25-18-26(40(38-25)22-10-5-6-11-22)23-12-7-8-13-24(23)31(34,35)36/h7-8,12-13,18,20-22H,5-6,9-11,14-17,19H2,1-4H3,(H,37,42)/t20?,21-/m0/s1. The highest BCUT2D eigenvalue weighted by molar-refractivity contribution is 5.94. The summed E-state index contributed by atoms with van der Waals surface area (Å²) in [5.41, 5.74) is -1.55. The van der Waals surface area contributed by atoms with Gasteiger partial charge in [0.1, 0.15) is 5.60 Å². The first-order chi connectivity index (χ1) is 20.0. The summed E-state index contributed by atoms with van der Waals surface area (Å²) in [6.45, 7) is 6.98. The first-order valence-corrected chi connectivity index (χ1v) is 14.9. The summed E-state index contributed by atoms with van der Waals surface area (Å²) < 4.78 is 77.0. The molecule has 1 aliphatic heterocycles. The molecule has 2 atom stereocenters. The van der Waals surface area contributed by atoms with Gasteiger partial charge in [-0.25, -0.2) is 8.78 Å². The maximum atomic E-state index is 14.1. The fraction of sp³-hybridized carbons (Fsp3) is 0.645. The summed E-state index contributed by atoms with van der Waals surface area (Å²) >= 11 is 0. The third-order valence-corrected chi connectivity index (χ3v) is 7.99. The molecular weight excluding hydrogens is 571 g/mol. The fourth-order valence-electron chi connectivity index (χ4n) is 6.06. The van der Waals surface area contributed by atoms with E-state index in [0.29, 0.717) is 13.0 Å². The highest BCUT2D eigenvalue weighted by Gasteiger charge is 2.38. The van der Waals surface area contributed by atoms with Crippen molar-refractivity contribution in [3.8, 4) is 11.3 Å². The molecule has 4 rings (SSSR count). The maximum Gasteiger partial charge on any atom is 0.417 e. The Morgan fingerprint density at radius 2 is 1.79 bits per heavy atom. The van der Waals surface area contributed by atoms with Gasteiger partial charge in [-0.3, -0.25) is 19.2 Å². The molecule has 0 spiro atoms. The van der Waals surface area contributed by atoms with E-state index in [9.17, 15) is 31.5 Å². The molecule has 2 fully saturated rings. The average molecular weight is 613 g/mol. The number of halogens is 5. The van der Waals surface area contributed by atoms with E-state index in [1.807, 2.05) is 0 Å². The van der Waals surface area contributed by atoms with Crippen LogP contribution in [0.4, 0.5) is 22.0 Å². The lowest BCUT2D eigenvalue weighted by molar-refractivity contribution is -0.155. The van der Waals surface area contributed by atoms with Crippen molar-refractivity contribution in [2.75, 3.05) is 13.1 Å². The number of amides is 1. The molecule has 2 aliphatic rings. The largest absolute Gasteiger partial charge is 0.460 e. The topological polar surface area (TPSA) is 76.5 Å². The number of ether oxygens (including phenoxy) is 1. The molecule has 1 aromatic carbocycles. The van der Waals surface area contributed by atoms with Gasteiger partial charge < -0.3 is 10.1 Å². The van der Waals surface area contributed by atoms with Crippen LogP contribution in [0.15, 0.2) is 30.3 Å². The van der Waals surface area contributed by atoms with Crippen LogP contribution < -0.4 is 5.32 Å². The molecule has 1 aromatic heterocycles. The molecule has 1 amide bonds. The van der Waals surface area contributed by atoms with Gasteiger partial charge in [-0.2, -0.15) is 18.3 Å². The van der Waals surface area contributed by atoms with Crippen molar-refractivity contribution in [2.24, 2.45) is 0 Å². The lowest BCUT2D eigenvalue weighted by atomic mass is 9.99. The Morgan fingerprint density at radius 3 is 2.42 bits per heavy atom. The van der Waals surface area contributed by atoms with Crippen LogP contribution in [-0.4, -0.2) is 63.3 Å². The highest BCUT2D eigenvalue weighted by Crippen LogP contribution is 2.40. The first kappa shape index (κ1) is 32.9. The van der Waals surface area contributed by atoms with Crippen molar-refractivity contribution in [2.45, 2.75) is 115 Å². The Labute approximate surface area is 249 Å². The number of benzene rings is 1. The summed E-state index contributed by atoms with van der Waals surface area (Å²) in [5.74, 6) is -4.04. The van der Waals surface area contributed by atoms with Gasteiger partial charge in [-0.15, -0.1) is 0 Å². The Balaban J connectivity index is 1.62. The van der Waals surface area contributed by atoms with E-state index in [1.165, 1.54) is 28.9 Å². The molecule has 1 saturated heterocycles. The predicted octanol–water partition coefficient (Wildman–Crippen LogP) is 7.02. The van der Waals surface area contributed by atoms with Crippen LogP contribution in [0, 0.1) is 0 Å². The third-order valence-electron chi connectivity index (χ3n) is 7.99. The Morgan fingerprint density at radius 1 is 1.12 bits per heavy atom. The molecule has 1 aliphatic carbocycles. The quantitative estimate of drug-likeness (QED) is 0.243. The minimum absolute atomic E-state index is 0.0709. The van der Waals surface area contributed by atoms with Crippen molar-refractivity contribution in [3.05, 3.63) is 41.6 Å². The number of esters is 1. The van der Waals surface area contributed by atoms with E-state index in [2.05, 4.69) is 10.4 Å². The second kappa shape index (κ2) is 12.9. The van der Waals surface area contributed by atoms with Gasteiger partial charge in [-0.1, -0.05) is 31.0 Å². The minimum Gasteiger partial charge on any atom is -0.460 e. The van der Waals surface area contributed by atoms with Gasteiger partial charge in [-0.05, 0) is 72.1 Å². The van der Waals surface area contributed by atoms with E-state index >= 15 is 0 Å². The van der Waals surface area contributed by atoms with Crippen molar-refractivity contribution in [1.82, 2.24) is 20.0 Å². The summed E-state index contributed by atoms with van der Waals surface area (Å²) in [6, 6.07) is 5.24. The molecule has 12 heteroatoms. The second-order valence-corrected chi connectivity index (χ2v) is 12.8. The summed E-state index contributed by atoms with van der Waals surface area (Å²) in [6.07, 6.45) is -1.22. The lowest BCUT2D eigenvalue weighted by Gasteiger charge is -2.37. The third kappa shape index (κ3) is 8.77. The normalized spacial score (nSPS) is 19.7. The number of hydrogen-bond donors (Lipinski definition) is 1. The number of nitrogens with zero attached hydrogens (tertiary/aromatic N) is 3. The molecule has 0 radical (unpaired) electrons. The molecule has 1 saturated carbocycles. The van der Waals surface area contributed by atoms with E-state index in [-0.39, 0.29) is 48.3 Å². The number of aromatic nitrogens is 2. The van der Waals surface area contributed by atoms with Crippen molar-refractivity contribution in [3.63, 3.8) is 0 Å². The van der Waals surface area contributed by atoms with Crippen LogP contribution in [0.3, 0.4) is 0 Å². The zero-order valence-electron chi connectivity index (χ0n) is 25.1. The molecular formula is C31H41F5N4O3. The molecule has 238 valence electrons. The van der Waals surface area contributed by atoms with E-state index < -0.39 is 47.7 Å². The number of likely N-dealkylation sites (tertiary alicyclic amines) is 1. The fourth-order valence-corrected chi connectivity index (χ4v) is 6.06. The van der Waals surface area contributed by atoms with Gasteiger partial charge in [0.05, 0.1) is 30.3 Å². The van der Waals surface area contributed by atoms with Crippen molar-refractivity contribution in [1.29, 1.82) is 0 Å². The van der Waals surface area contributed by atoms with Crippen LogP contribution in [0.2, 0.25) is 0 Å². The summed E-state index contributed by atoms with van der Waals surface area (Å²) in [7, 11) is 0. The number of carbonyl (C=O) groups excluding carboxylic acids is 2. The second-order valence-electron chi connectivity index (χ2n) is 12.8. The molecule has 2 aromatic rings. The maximum absolute atomic E-state index is 14.1. The smallest absolute Gasteiger partial charge is 0.417 e. The Bertz CT molecular complexity index is 1280. The van der Waals surface area contributed by atoms with E-state index in [4.69, 9.17) is 4.74 Å². The van der Waals surface area contributed by atoms with Gasteiger partial charge >= 0.3 is 12.1 Å². The van der Waals surface area contributed by atoms with Crippen LogP contribution in [0.25, 0.3) is 11.3 Å². The lowest BCUT2D eigenvalue weighted by Crippen LogP contribution is -2.49. The van der Waals surface area contributed by atoms with Crippen LogP contribution in [0.1, 0.15) is 101 Å². The summed E-state index contributed by atoms with van der Waals surface area (Å²) in [5, 5.41) is 7.30. The number of rotatable bonds is 9. The van der Waals surface area contributed by atoms with Gasteiger partial charge in [0, 0.05) is 24.1 Å². The first-order valence-electron chi connectivity index (χ1n) is 14.9. The SMILES string of the molecule is CC(C[C@@H](CC(=O)OC(C)(C)C)NC(=O)c1cc(-c2ccccc2C(F)(F)F)n(C2CCCC2)n1)N1CCCC(F)(F)C1. The van der Waals surface area contributed by atoms with E-state index in [1.54, 1.807) is 32.6 Å². The highest BCUT2D eigenvalue weighted by atomic mass is 19.4. The predicted molar refractivity (Wildman–Crippen MR) is 152 cm³/mol. The number of carbonyl (C=O) groups is 2. The molecule has 7 nitrogen and oxygen atoms in total. The molecule has 2 heterocycles. The van der Waals surface area contributed by atoms with Gasteiger partial charge in [0.2, 0.25) is 0 Å².